The lowest BCUT2D eigenvalue weighted by molar-refractivity contribution is 0.0536. The summed E-state index contributed by atoms with van der Waals surface area (Å²) in [5, 5.41) is 27.4. The van der Waals surface area contributed by atoms with Gasteiger partial charge in [0.2, 0.25) is 0 Å². The van der Waals surface area contributed by atoms with Gasteiger partial charge in [-0.15, -0.1) is 11.6 Å². The SMILES string of the molecule is O=C(c1ccc(OC[C@@H](O)CO)cc1)c1ccc(OC[C@@H](O)CCl)cc1. The Bertz CT molecular complexity index is 627. The first kappa shape index (κ1) is 20.2. The third-order valence-corrected chi connectivity index (χ3v) is 3.86. The van der Waals surface area contributed by atoms with Crippen molar-refractivity contribution >= 4 is 17.4 Å². The maximum atomic E-state index is 12.5. The summed E-state index contributed by atoms with van der Waals surface area (Å²) in [6.45, 7) is -0.311. The molecule has 0 fully saturated rings. The number of ether oxygens (including phenoxy) is 2. The van der Waals surface area contributed by atoms with Gasteiger partial charge in [-0.2, -0.15) is 0 Å². The Labute approximate surface area is 156 Å². The Morgan fingerprint density at radius 2 is 1.27 bits per heavy atom. The highest BCUT2D eigenvalue weighted by Gasteiger charge is 2.10. The van der Waals surface area contributed by atoms with Crippen LogP contribution >= 0.6 is 11.6 Å². The molecular formula is C19H21ClO6. The molecule has 140 valence electrons. The maximum Gasteiger partial charge on any atom is 0.193 e. The van der Waals surface area contributed by atoms with Crippen LogP contribution in [0.3, 0.4) is 0 Å². The van der Waals surface area contributed by atoms with Gasteiger partial charge in [0, 0.05) is 11.1 Å². The first-order valence-corrected chi connectivity index (χ1v) is 8.60. The van der Waals surface area contributed by atoms with Gasteiger partial charge in [-0.25, -0.2) is 0 Å². The molecule has 2 aromatic rings. The average Bonchev–Trinajstić information content (AvgIpc) is 2.70. The summed E-state index contributed by atoms with van der Waals surface area (Å²) in [6, 6.07) is 13.1. The van der Waals surface area contributed by atoms with E-state index in [-0.39, 0.29) is 31.5 Å². The molecular weight excluding hydrogens is 360 g/mol. The van der Waals surface area contributed by atoms with Crippen molar-refractivity contribution in [3.8, 4) is 11.5 Å². The summed E-state index contributed by atoms with van der Waals surface area (Å²) in [6.07, 6.45) is -1.68. The molecule has 0 spiro atoms. The van der Waals surface area contributed by atoms with Crippen LogP contribution in [-0.2, 0) is 0 Å². The van der Waals surface area contributed by atoms with Gasteiger partial charge in [0.05, 0.1) is 12.5 Å². The number of rotatable bonds is 10. The van der Waals surface area contributed by atoms with E-state index in [2.05, 4.69) is 0 Å². The van der Waals surface area contributed by atoms with Gasteiger partial charge < -0.3 is 24.8 Å². The van der Waals surface area contributed by atoms with Crippen LogP contribution in [0, 0.1) is 0 Å². The second-order valence-corrected chi connectivity index (χ2v) is 5.95. The maximum absolute atomic E-state index is 12.5. The zero-order chi connectivity index (χ0) is 18.9. The predicted octanol–water partition coefficient (Wildman–Crippen LogP) is 1.63. The van der Waals surface area contributed by atoms with Gasteiger partial charge in [-0.3, -0.25) is 4.79 Å². The van der Waals surface area contributed by atoms with Crippen molar-refractivity contribution in [1.82, 2.24) is 0 Å². The molecule has 0 aromatic heterocycles. The van der Waals surface area contributed by atoms with Crippen LogP contribution in [0.1, 0.15) is 15.9 Å². The fourth-order valence-corrected chi connectivity index (χ4v) is 2.14. The number of carbonyl (C=O) groups is 1. The molecule has 2 aromatic carbocycles. The van der Waals surface area contributed by atoms with E-state index in [1.165, 1.54) is 0 Å². The van der Waals surface area contributed by atoms with Crippen LogP contribution < -0.4 is 9.47 Å². The smallest absolute Gasteiger partial charge is 0.193 e. The number of benzene rings is 2. The zero-order valence-electron chi connectivity index (χ0n) is 14.0. The fourth-order valence-electron chi connectivity index (χ4n) is 2.05. The molecule has 0 saturated heterocycles. The van der Waals surface area contributed by atoms with Crippen molar-refractivity contribution in [3.05, 3.63) is 59.7 Å². The van der Waals surface area contributed by atoms with Crippen LogP contribution in [0.25, 0.3) is 0 Å². The average molecular weight is 381 g/mol. The van der Waals surface area contributed by atoms with E-state index in [0.29, 0.717) is 22.6 Å². The normalized spacial score (nSPS) is 13.1. The molecule has 2 rings (SSSR count). The van der Waals surface area contributed by atoms with Gasteiger partial charge in [0.25, 0.3) is 0 Å². The number of hydrogen-bond acceptors (Lipinski definition) is 6. The minimum Gasteiger partial charge on any atom is -0.491 e. The summed E-state index contributed by atoms with van der Waals surface area (Å²) >= 11 is 5.50. The lowest BCUT2D eigenvalue weighted by Gasteiger charge is -2.11. The number of aliphatic hydroxyl groups is 3. The predicted molar refractivity (Wildman–Crippen MR) is 97.1 cm³/mol. The van der Waals surface area contributed by atoms with Crippen molar-refractivity contribution in [2.45, 2.75) is 12.2 Å². The van der Waals surface area contributed by atoms with Gasteiger partial charge in [0.1, 0.15) is 36.9 Å². The van der Waals surface area contributed by atoms with Gasteiger partial charge in [-0.1, -0.05) is 0 Å². The van der Waals surface area contributed by atoms with E-state index in [0.717, 1.165) is 0 Å². The zero-order valence-corrected chi connectivity index (χ0v) is 14.8. The Morgan fingerprint density at radius 3 is 1.65 bits per heavy atom. The third kappa shape index (κ3) is 6.00. The van der Waals surface area contributed by atoms with E-state index in [1.807, 2.05) is 0 Å². The van der Waals surface area contributed by atoms with Crippen LogP contribution in [0.15, 0.2) is 48.5 Å². The summed E-state index contributed by atoms with van der Waals surface area (Å²) in [5.74, 6) is 0.974. The number of aliphatic hydroxyl groups excluding tert-OH is 3. The molecule has 0 aliphatic rings. The monoisotopic (exact) mass is 380 g/mol. The van der Waals surface area contributed by atoms with Crippen molar-refractivity contribution in [1.29, 1.82) is 0 Å². The number of alkyl halides is 1. The topological polar surface area (TPSA) is 96.2 Å². The lowest BCUT2D eigenvalue weighted by atomic mass is 10.0. The van der Waals surface area contributed by atoms with Crippen molar-refractivity contribution in [2.24, 2.45) is 0 Å². The molecule has 0 radical (unpaired) electrons. The van der Waals surface area contributed by atoms with Crippen LogP contribution in [0.4, 0.5) is 0 Å². The van der Waals surface area contributed by atoms with Crippen molar-refractivity contribution < 1.29 is 29.6 Å². The molecule has 7 heteroatoms. The van der Waals surface area contributed by atoms with E-state index in [9.17, 15) is 15.0 Å². The lowest BCUT2D eigenvalue weighted by Crippen LogP contribution is -2.21. The molecule has 26 heavy (non-hydrogen) atoms. The van der Waals surface area contributed by atoms with Gasteiger partial charge in [0.15, 0.2) is 5.78 Å². The van der Waals surface area contributed by atoms with Crippen LogP contribution in [-0.4, -0.2) is 59.0 Å². The molecule has 6 nitrogen and oxygen atoms in total. The van der Waals surface area contributed by atoms with E-state index < -0.39 is 12.2 Å². The number of ketones is 1. The Morgan fingerprint density at radius 1 is 0.846 bits per heavy atom. The largest absolute Gasteiger partial charge is 0.491 e. The molecule has 0 unspecified atom stereocenters. The summed E-state index contributed by atoms with van der Waals surface area (Å²) in [5.41, 5.74) is 0.992. The first-order valence-electron chi connectivity index (χ1n) is 8.07. The molecule has 0 heterocycles. The Kier molecular flexibility index (Phi) is 7.87. The highest BCUT2D eigenvalue weighted by molar-refractivity contribution is 6.18. The van der Waals surface area contributed by atoms with Crippen molar-refractivity contribution in [2.75, 3.05) is 25.7 Å². The molecule has 0 aliphatic heterocycles. The van der Waals surface area contributed by atoms with Crippen LogP contribution in [0.5, 0.6) is 11.5 Å². The number of carbonyl (C=O) groups excluding carboxylic acids is 1. The van der Waals surface area contributed by atoms with E-state index in [4.69, 9.17) is 26.2 Å². The minimum absolute atomic E-state index is 0.0241. The van der Waals surface area contributed by atoms with Crippen molar-refractivity contribution in [3.63, 3.8) is 0 Å². The fraction of sp³-hybridized carbons (Fsp3) is 0.316. The minimum atomic E-state index is -0.942. The molecule has 2 atom stereocenters. The third-order valence-electron chi connectivity index (χ3n) is 3.51. The quantitative estimate of drug-likeness (QED) is 0.428. The molecule has 0 amide bonds. The molecule has 0 bridgehead atoms. The summed E-state index contributed by atoms with van der Waals surface area (Å²) < 4.78 is 10.7. The molecule has 0 aliphatic carbocycles. The number of halogens is 1. The second-order valence-electron chi connectivity index (χ2n) is 5.64. The highest BCUT2D eigenvalue weighted by Crippen LogP contribution is 2.18. The van der Waals surface area contributed by atoms with E-state index >= 15 is 0 Å². The molecule has 0 saturated carbocycles. The van der Waals surface area contributed by atoms with E-state index in [1.54, 1.807) is 48.5 Å². The van der Waals surface area contributed by atoms with Crippen LogP contribution in [0.2, 0.25) is 0 Å². The standard InChI is InChI=1S/C19H21ClO6/c20-9-15(22)11-25-17-5-1-13(2-6-17)19(24)14-3-7-18(8-4-14)26-12-16(23)10-21/h1-8,15-16,21-23H,9-12H2/t15-,16-/m0/s1. The van der Waals surface area contributed by atoms with Gasteiger partial charge in [-0.05, 0) is 48.5 Å². The first-order chi connectivity index (χ1) is 12.5. The summed E-state index contributed by atoms with van der Waals surface area (Å²) in [4.78, 5) is 12.5. The Balaban J connectivity index is 1.95. The summed E-state index contributed by atoms with van der Waals surface area (Å²) in [7, 11) is 0. The Hall–Kier alpha value is -2.12. The molecule has 3 N–H and O–H groups in total. The van der Waals surface area contributed by atoms with Gasteiger partial charge >= 0.3 is 0 Å². The second kappa shape index (κ2) is 10.1. The number of hydrogen-bond donors (Lipinski definition) is 3. The highest BCUT2D eigenvalue weighted by atomic mass is 35.5.